The van der Waals surface area contributed by atoms with E-state index in [0.29, 0.717) is 12.4 Å². The molecule has 0 aliphatic rings. The van der Waals surface area contributed by atoms with E-state index in [4.69, 9.17) is 4.74 Å². The lowest BCUT2D eigenvalue weighted by atomic mass is 10.2. The van der Waals surface area contributed by atoms with Crippen molar-refractivity contribution in [2.24, 2.45) is 0 Å². The lowest BCUT2D eigenvalue weighted by Gasteiger charge is -2.15. The van der Waals surface area contributed by atoms with E-state index in [1.54, 1.807) is 23.1 Å². The molecule has 1 N–H and O–H groups in total. The first kappa shape index (κ1) is 20.5. The molecule has 0 atom stereocenters. The van der Waals surface area contributed by atoms with Crippen molar-refractivity contribution >= 4 is 21.7 Å². The van der Waals surface area contributed by atoms with Gasteiger partial charge in [0.05, 0.1) is 19.3 Å². The van der Waals surface area contributed by atoms with Gasteiger partial charge in [-0.2, -0.15) is 5.10 Å². The summed E-state index contributed by atoms with van der Waals surface area (Å²) in [5.74, 6) is 0.0274. The summed E-state index contributed by atoms with van der Waals surface area (Å²) in [6.45, 7) is 0.463. The number of hydrogen-bond donors (Lipinski definition) is 1. The highest BCUT2D eigenvalue weighted by atomic mass is 32.2. The van der Waals surface area contributed by atoms with Crippen LogP contribution in [-0.4, -0.2) is 54.6 Å². The quantitative estimate of drug-likeness (QED) is 0.631. The molecule has 10 heteroatoms. The summed E-state index contributed by atoms with van der Waals surface area (Å²) in [6.07, 6.45) is 3.42. The zero-order chi connectivity index (χ0) is 21.0. The molecule has 9 nitrogen and oxygen atoms in total. The molecular weight excluding hydrogens is 394 g/mol. The minimum atomic E-state index is -3.78. The molecule has 1 amide bonds. The molecule has 0 bridgehead atoms. The van der Waals surface area contributed by atoms with Crippen molar-refractivity contribution < 1.29 is 17.9 Å². The minimum Gasteiger partial charge on any atom is -0.495 e. The molecule has 0 radical (unpaired) electrons. The number of rotatable bonds is 7. The molecule has 0 aliphatic carbocycles. The number of pyridine rings is 1. The fourth-order valence-corrected chi connectivity index (χ4v) is 3.65. The highest BCUT2D eigenvalue weighted by Crippen LogP contribution is 2.27. The minimum absolute atomic E-state index is 0.0849. The number of benzene rings is 1. The van der Waals surface area contributed by atoms with Crippen LogP contribution in [-0.2, 0) is 16.6 Å². The SMILES string of the molecule is COc1ccc(C(=O)Nc2ccn(Cc3ccccn3)n2)cc1S(=O)(=O)N(C)C. The van der Waals surface area contributed by atoms with Crippen LogP contribution in [0.15, 0.2) is 59.8 Å². The normalized spacial score (nSPS) is 11.4. The maximum absolute atomic E-state index is 12.6. The summed E-state index contributed by atoms with van der Waals surface area (Å²) in [4.78, 5) is 16.8. The zero-order valence-electron chi connectivity index (χ0n) is 16.2. The molecule has 0 spiro atoms. The number of methoxy groups -OCH3 is 1. The number of aromatic nitrogens is 3. The number of nitrogens with zero attached hydrogens (tertiary/aromatic N) is 4. The topological polar surface area (TPSA) is 106 Å². The predicted molar refractivity (Wildman–Crippen MR) is 107 cm³/mol. The van der Waals surface area contributed by atoms with Crippen LogP contribution < -0.4 is 10.1 Å². The summed E-state index contributed by atoms with van der Waals surface area (Å²) in [6, 6.07) is 11.5. The molecule has 2 aromatic heterocycles. The Morgan fingerprint density at radius 3 is 2.66 bits per heavy atom. The molecule has 0 saturated carbocycles. The first-order valence-corrected chi connectivity index (χ1v) is 10.1. The molecule has 2 heterocycles. The van der Waals surface area contributed by atoms with Gasteiger partial charge in [0.25, 0.3) is 5.91 Å². The second-order valence-electron chi connectivity index (χ2n) is 6.33. The Morgan fingerprint density at radius 1 is 1.21 bits per heavy atom. The number of hydrogen-bond acceptors (Lipinski definition) is 6. The van der Waals surface area contributed by atoms with Crippen molar-refractivity contribution in [3.05, 3.63) is 66.1 Å². The number of anilines is 1. The molecule has 3 aromatic rings. The van der Waals surface area contributed by atoms with Gasteiger partial charge in [-0.15, -0.1) is 0 Å². The van der Waals surface area contributed by atoms with Crippen LogP contribution in [0, 0.1) is 0 Å². The van der Waals surface area contributed by atoms with Gasteiger partial charge in [0, 0.05) is 38.1 Å². The predicted octanol–water partition coefficient (Wildman–Crippen LogP) is 1.84. The fraction of sp³-hybridized carbons (Fsp3) is 0.211. The molecule has 0 unspecified atom stereocenters. The maximum atomic E-state index is 12.6. The number of carbonyl (C=O) groups is 1. The molecule has 3 rings (SSSR count). The fourth-order valence-electron chi connectivity index (χ4n) is 2.58. The lowest BCUT2D eigenvalue weighted by molar-refractivity contribution is 0.102. The van der Waals surface area contributed by atoms with Gasteiger partial charge in [0.2, 0.25) is 10.0 Å². The third-order valence-electron chi connectivity index (χ3n) is 4.12. The van der Waals surface area contributed by atoms with Crippen molar-refractivity contribution in [2.45, 2.75) is 11.4 Å². The molecule has 0 saturated heterocycles. The van der Waals surface area contributed by atoms with Gasteiger partial charge in [-0.1, -0.05) is 6.07 Å². The van der Waals surface area contributed by atoms with E-state index in [2.05, 4.69) is 15.4 Å². The molecular formula is C19H21N5O4S. The first-order chi connectivity index (χ1) is 13.8. The van der Waals surface area contributed by atoms with Gasteiger partial charge in [-0.25, -0.2) is 12.7 Å². The summed E-state index contributed by atoms with van der Waals surface area (Å²) >= 11 is 0. The first-order valence-electron chi connectivity index (χ1n) is 8.66. The highest BCUT2D eigenvalue weighted by Gasteiger charge is 2.24. The van der Waals surface area contributed by atoms with E-state index in [1.165, 1.54) is 39.4 Å². The number of carbonyl (C=O) groups excluding carboxylic acids is 1. The van der Waals surface area contributed by atoms with Crippen LogP contribution in [0.4, 0.5) is 5.82 Å². The summed E-state index contributed by atoms with van der Waals surface area (Å²) in [5, 5.41) is 6.97. The van der Waals surface area contributed by atoms with E-state index in [9.17, 15) is 13.2 Å². The van der Waals surface area contributed by atoms with Gasteiger partial charge in [-0.05, 0) is 30.3 Å². The van der Waals surface area contributed by atoms with Crippen LogP contribution in [0.2, 0.25) is 0 Å². The molecule has 0 fully saturated rings. The Morgan fingerprint density at radius 2 is 2.00 bits per heavy atom. The number of amides is 1. The standard InChI is InChI=1S/C19H21N5O4S/c1-23(2)29(26,27)17-12-14(7-8-16(17)28-3)19(25)21-18-9-11-24(22-18)13-15-6-4-5-10-20-15/h4-12H,13H2,1-3H3,(H,21,22,25). The maximum Gasteiger partial charge on any atom is 0.256 e. The molecule has 152 valence electrons. The number of ether oxygens (including phenoxy) is 1. The van der Waals surface area contributed by atoms with Crippen molar-refractivity contribution in [2.75, 3.05) is 26.5 Å². The molecule has 0 aliphatic heterocycles. The van der Waals surface area contributed by atoms with E-state index < -0.39 is 15.9 Å². The molecule has 1 aromatic carbocycles. The van der Waals surface area contributed by atoms with Crippen LogP contribution >= 0.6 is 0 Å². The van der Waals surface area contributed by atoms with E-state index in [1.807, 2.05) is 18.2 Å². The summed E-state index contributed by atoms with van der Waals surface area (Å²) < 4.78 is 32.9. The Balaban J connectivity index is 1.79. The van der Waals surface area contributed by atoms with Gasteiger partial charge in [0.15, 0.2) is 5.82 Å². The Hall–Kier alpha value is -3.24. The Bertz CT molecular complexity index is 1110. The van der Waals surface area contributed by atoms with Crippen LogP contribution in [0.1, 0.15) is 16.1 Å². The summed E-state index contributed by atoms with van der Waals surface area (Å²) in [5.41, 5.74) is 1.01. The van der Waals surface area contributed by atoms with Gasteiger partial charge in [-0.3, -0.25) is 14.5 Å². The van der Waals surface area contributed by atoms with Crippen LogP contribution in [0.5, 0.6) is 5.75 Å². The van der Waals surface area contributed by atoms with Gasteiger partial charge in [0.1, 0.15) is 10.6 Å². The van der Waals surface area contributed by atoms with Crippen molar-refractivity contribution in [3.8, 4) is 5.75 Å². The second kappa shape index (κ2) is 8.41. The van der Waals surface area contributed by atoms with E-state index in [-0.39, 0.29) is 16.2 Å². The summed E-state index contributed by atoms with van der Waals surface area (Å²) in [7, 11) is 0.421. The third-order valence-corrected chi connectivity index (χ3v) is 5.95. The second-order valence-corrected chi connectivity index (χ2v) is 8.45. The van der Waals surface area contributed by atoms with Crippen molar-refractivity contribution in [1.82, 2.24) is 19.1 Å². The number of sulfonamides is 1. The third kappa shape index (κ3) is 4.61. The highest BCUT2D eigenvalue weighted by molar-refractivity contribution is 7.89. The largest absolute Gasteiger partial charge is 0.495 e. The molecule has 29 heavy (non-hydrogen) atoms. The van der Waals surface area contributed by atoms with E-state index in [0.717, 1.165) is 10.00 Å². The number of nitrogens with one attached hydrogen (secondary N) is 1. The van der Waals surface area contributed by atoms with E-state index >= 15 is 0 Å². The zero-order valence-corrected chi connectivity index (χ0v) is 17.0. The van der Waals surface area contributed by atoms with Crippen LogP contribution in [0.3, 0.4) is 0 Å². The Kier molecular flexibility index (Phi) is 5.95. The van der Waals surface area contributed by atoms with Gasteiger partial charge < -0.3 is 10.1 Å². The van der Waals surface area contributed by atoms with Gasteiger partial charge >= 0.3 is 0 Å². The lowest BCUT2D eigenvalue weighted by Crippen LogP contribution is -2.23. The average molecular weight is 415 g/mol. The smallest absolute Gasteiger partial charge is 0.256 e. The van der Waals surface area contributed by atoms with Crippen molar-refractivity contribution in [3.63, 3.8) is 0 Å². The van der Waals surface area contributed by atoms with Crippen LogP contribution in [0.25, 0.3) is 0 Å². The monoisotopic (exact) mass is 415 g/mol. The average Bonchev–Trinajstić information content (AvgIpc) is 3.14. The Labute approximate surface area is 169 Å². The van der Waals surface area contributed by atoms with Crippen molar-refractivity contribution in [1.29, 1.82) is 0 Å².